The van der Waals surface area contributed by atoms with Gasteiger partial charge in [-0.3, -0.25) is 9.58 Å². The fraction of sp³-hybridized carbons (Fsp3) is 0.435. The molecule has 1 aliphatic heterocycles. The predicted octanol–water partition coefficient (Wildman–Crippen LogP) is 2.84. The predicted molar refractivity (Wildman–Crippen MR) is 112 cm³/mol. The van der Waals surface area contributed by atoms with E-state index in [9.17, 15) is 10.2 Å². The first-order valence-corrected chi connectivity index (χ1v) is 10.3. The molecule has 1 saturated carbocycles. The van der Waals surface area contributed by atoms with Crippen LogP contribution >= 0.6 is 0 Å². The summed E-state index contributed by atoms with van der Waals surface area (Å²) in [5, 5.41) is 26.7. The van der Waals surface area contributed by atoms with Crippen molar-refractivity contribution in [2.75, 3.05) is 26.2 Å². The van der Waals surface area contributed by atoms with E-state index >= 15 is 0 Å². The Morgan fingerprint density at radius 1 is 1.14 bits per heavy atom. The fourth-order valence-electron chi connectivity index (χ4n) is 4.11. The molecule has 0 radical (unpaired) electrons. The van der Waals surface area contributed by atoms with E-state index in [4.69, 9.17) is 4.74 Å². The highest BCUT2D eigenvalue weighted by molar-refractivity contribution is 5.88. The van der Waals surface area contributed by atoms with Crippen molar-refractivity contribution in [3.05, 3.63) is 48.8 Å². The number of β-amino-alcohol motifs (C(OH)–C–C–N with tert-alkyl or cyclic N) is 2. The van der Waals surface area contributed by atoms with Crippen LogP contribution in [-0.2, 0) is 0 Å². The first-order chi connectivity index (χ1) is 13.9. The van der Waals surface area contributed by atoms with Gasteiger partial charge in [-0.25, -0.2) is 0 Å². The first kappa shape index (κ1) is 18.6. The monoisotopic (exact) mass is 393 g/mol. The van der Waals surface area contributed by atoms with Crippen molar-refractivity contribution in [2.24, 2.45) is 0 Å². The minimum atomic E-state index is -0.617. The molecule has 3 aromatic rings. The lowest BCUT2D eigenvalue weighted by Gasteiger charge is -2.44. The van der Waals surface area contributed by atoms with E-state index in [2.05, 4.69) is 40.2 Å². The Kier molecular flexibility index (Phi) is 4.57. The molecule has 1 saturated heterocycles. The molecule has 1 aromatic heterocycles. The van der Waals surface area contributed by atoms with Crippen molar-refractivity contribution >= 4 is 10.8 Å². The minimum absolute atomic E-state index is 0.239. The third-order valence-corrected chi connectivity index (χ3v) is 5.71. The molecule has 0 amide bonds. The van der Waals surface area contributed by atoms with E-state index in [1.54, 1.807) is 0 Å². The molecule has 0 spiro atoms. The zero-order valence-corrected chi connectivity index (χ0v) is 16.7. The Morgan fingerprint density at radius 3 is 2.66 bits per heavy atom. The summed E-state index contributed by atoms with van der Waals surface area (Å²) < 4.78 is 7.87. The average Bonchev–Trinajstić information content (AvgIpc) is 3.41. The molecule has 2 aliphatic rings. The normalized spacial score (nSPS) is 19.8. The molecule has 29 heavy (non-hydrogen) atoms. The van der Waals surface area contributed by atoms with Gasteiger partial charge in [0.1, 0.15) is 18.5 Å². The van der Waals surface area contributed by atoms with Crippen LogP contribution < -0.4 is 4.74 Å². The molecule has 152 valence electrons. The fourth-order valence-corrected chi connectivity index (χ4v) is 4.11. The summed E-state index contributed by atoms with van der Waals surface area (Å²) in [6.45, 7) is 3.76. The van der Waals surface area contributed by atoms with Crippen LogP contribution in [0.5, 0.6) is 5.75 Å². The molecule has 1 aliphatic carbocycles. The van der Waals surface area contributed by atoms with Crippen LogP contribution in [0, 0.1) is 0 Å². The second-order valence-electron chi connectivity index (χ2n) is 8.80. The van der Waals surface area contributed by atoms with Gasteiger partial charge in [-0.2, -0.15) is 5.10 Å². The van der Waals surface area contributed by atoms with Gasteiger partial charge in [-0.1, -0.05) is 18.2 Å². The molecule has 1 unspecified atom stereocenters. The van der Waals surface area contributed by atoms with Gasteiger partial charge in [0.25, 0.3) is 0 Å². The molecular weight excluding hydrogens is 366 g/mol. The number of likely N-dealkylation sites (tertiary alicyclic amines) is 1. The van der Waals surface area contributed by atoms with E-state index in [1.165, 1.54) is 18.4 Å². The summed E-state index contributed by atoms with van der Waals surface area (Å²) in [4.78, 5) is 2.03. The second kappa shape index (κ2) is 7.13. The van der Waals surface area contributed by atoms with Crippen LogP contribution in [0.2, 0.25) is 0 Å². The maximum atomic E-state index is 10.2. The smallest absolute Gasteiger partial charge is 0.120 e. The maximum absolute atomic E-state index is 10.2. The molecule has 1 atom stereocenters. The standard InChI is InChI=1S/C23H27N3O3/c1-23(28)14-25(15-23)12-21(27)13-29-22-7-4-16-8-17(2-3-18(16)9-22)19-10-24-26(11-19)20-5-6-20/h2-4,7-11,20-21,27-28H,5-6,12-15H2,1H3. The van der Waals surface area contributed by atoms with Crippen LogP contribution in [0.3, 0.4) is 0 Å². The van der Waals surface area contributed by atoms with Gasteiger partial charge in [0, 0.05) is 31.4 Å². The van der Waals surface area contributed by atoms with Crippen molar-refractivity contribution in [1.29, 1.82) is 0 Å². The SMILES string of the molecule is CC1(O)CN(CC(O)COc2ccc3cc(-c4cnn(C5CC5)c4)ccc3c2)C1. The summed E-state index contributed by atoms with van der Waals surface area (Å²) in [5.41, 5.74) is 1.69. The maximum Gasteiger partial charge on any atom is 0.120 e. The van der Waals surface area contributed by atoms with Gasteiger partial charge in [0.15, 0.2) is 0 Å². The highest BCUT2D eigenvalue weighted by atomic mass is 16.5. The number of benzene rings is 2. The lowest BCUT2D eigenvalue weighted by atomic mass is 9.97. The molecular formula is C23H27N3O3. The number of ether oxygens (including phenoxy) is 1. The van der Waals surface area contributed by atoms with Gasteiger partial charge in [0.05, 0.1) is 17.8 Å². The summed E-state index contributed by atoms with van der Waals surface area (Å²) >= 11 is 0. The van der Waals surface area contributed by atoms with Crippen LogP contribution in [0.25, 0.3) is 21.9 Å². The molecule has 2 N–H and O–H groups in total. The lowest BCUT2D eigenvalue weighted by molar-refractivity contribution is -0.0978. The Hall–Kier alpha value is -2.41. The highest BCUT2D eigenvalue weighted by Crippen LogP contribution is 2.35. The molecule has 2 fully saturated rings. The zero-order valence-electron chi connectivity index (χ0n) is 16.7. The molecule has 2 aromatic carbocycles. The second-order valence-corrected chi connectivity index (χ2v) is 8.80. The topological polar surface area (TPSA) is 70.8 Å². The number of fused-ring (bicyclic) bond motifs is 1. The minimum Gasteiger partial charge on any atom is -0.491 e. The third-order valence-electron chi connectivity index (χ3n) is 5.71. The van der Waals surface area contributed by atoms with E-state index < -0.39 is 11.7 Å². The van der Waals surface area contributed by atoms with Crippen LogP contribution in [-0.4, -0.2) is 62.8 Å². The van der Waals surface area contributed by atoms with Crippen LogP contribution in [0.1, 0.15) is 25.8 Å². The Bertz CT molecular complexity index is 1020. The number of aliphatic hydroxyl groups excluding tert-OH is 1. The number of hydrogen-bond acceptors (Lipinski definition) is 5. The van der Waals surface area contributed by atoms with Gasteiger partial charge < -0.3 is 14.9 Å². The summed E-state index contributed by atoms with van der Waals surface area (Å²) in [6, 6.07) is 13.0. The molecule has 2 heterocycles. The van der Waals surface area contributed by atoms with Gasteiger partial charge in [0.2, 0.25) is 0 Å². The number of aromatic nitrogens is 2. The van der Waals surface area contributed by atoms with E-state index in [0.29, 0.717) is 25.7 Å². The Morgan fingerprint density at radius 2 is 1.90 bits per heavy atom. The van der Waals surface area contributed by atoms with Crippen molar-refractivity contribution in [1.82, 2.24) is 14.7 Å². The largest absolute Gasteiger partial charge is 0.491 e. The summed E-state index contributed by atoms with van der Waals surface area (Å²) in [5.74, 6) is 0.751. The van der Waals surface area contributed by atoms with Gasteiger partial charge in [-0.15, -0.1) is 0 Å². The Labute approximate surface area is 170 Å². The zero-order chi connectivity index (χ0) is 20.0. The molecule has 0 bridgehead atoms. The van der Waals surface area contributed by atoms with E-state index in [0.717, 1.165) is 22.1 Å². The van der Waals surface area contributed by atoms with Gasteiger partial charge >= 0.3 is 0 Å². The average molecular weight is 393 g/mol. The van der Waals surface area contributed by atoms with Crippen LogP contribution in [0.15, 0.2) is 48.8 Å². The number of rotatable bonds is 7. The molecule has 6 nitrogen and oxygen atoms in total. The molecule has 5 rings (SSSR count). The number of hydrogen-bond donors (Lipinski definition) is 2. The van der Waals surface area contributed by atoms with Crippen molar-refractivity contribution < 1.29 is 14.9 Å². The number of nitrogens with zero attached hydrogens (tertiary/aromatic N) is 3. The highest BCUT2D eigenvalue weighted by Gasteiger charge is 2.37. The Balaban J connectivity index is 1.22. The van der Waals surface area contributed by atoms with Crippen molar-refractivity contribution in [3.63, 3.8) is 0 Å². The van der Waals surface area contributed by atoms with Crippen molar-refractivity contribution in [2.45, 2.75) is 37.5 Å². The summed E-state index contributed by atoms with van der Waals surface area (Å²) in [6.07, 6.45) is 5.96. The summed E-state index contributed by atoms with van der Waals surface area (Å²) in [7, 11) is 0. The van der Waals surface area contributed by atoms with E-state index in [1.807, 2.05) is 30.2 Å². The number of aliphatic hydroxyl groups is 2. The lowest BCUT2D eigenvalue weighted by Crippen LogP contribution is -2.61. The molecule has 6 heteroatoms. The van der Waals surface area contributed by atoms with Crippen molar-refractivity contribution in [3.8, 4) is 16.9 Å². The quantitative estimate of drug-likeness (QED) is 0.646. The van der Waals surface area contributed by atoms with E-state index in [-0.39, 0.29) is 6.61 Å². The van der Waals surface area contributed by atoms with Crippen LogP contribution in [0.4, 0.5) is 0 Å². The van der Waals surface area contributed by atoms with Gasteiger partial charge in [-0.05, 0) is 54.3 Å². The first-order valence-electron chi connectivity index (χ1n) is 10.3. The third kappa shape index (κ3) is 4.15.